The summed E-state index contributed by atoms with van der Waals surface area (Å²) in [6.45, 7) is 25.2. The Balaban J connectivity index is 1.13. The van der Waals surface area contributed by atoms with Crippen LogP contribution in [0.3, 0.4) is 0 Å². The average Bonchev–Trinajstić information content (AvgIpc) is 1.00. The zero-order valence-electron chi connectivity index (χ0n) is 49.1. The summed E-state index contributed by atoms with van der Waals surface area (Å²) in [7, 11) is 0. The largest absolute Gasteiger partial charge is 0.340 e. The van der Waals surface area contributed by atoms with Crippen molar-refractivity contribution in [3.8, 4) is 27.9 Å². The molecule has 9 aromatic carbocycles. The van der Waals surface area contributed by atoms with Crippen LogP contribution in [0.25, 0.3) is 49.7 Å². The maximum absolute atomic E-state index is 17.5. The summed E-state index contributed by atoms with van der Waals surface area (Å²) < 4.78 is 2.52. The third kappa shape index (κ3) is 6.86. The van der Waals surface area contributed by atoms with Gasteiger partial charge in [0.25, 0.3) is 0 Å². The van der Waals surface area contributed by atoms with Crippen LogP contribution in [0.2, 0.25) is 0 Å². The summed E-state index contributed by atoms with van der Waals surface area (Å²) >= 11 is 0. The van der Waals surface area contributed by atoms with E-state index in [0.717, 1.165) is 45.5 Å². The van der Waals surface area contributed by atoms with Gasteiger partial charge in [-0.2, -0.15) is 0 Å². The summed E-state index contributed by atoms with van der Waals surface area (Å²) in [5.41, 5.74) is 25.6. The predicted molar refractivity (Wildman–Crippen MR) is 348 cm³/mol. The standard InChI is InChI=1S/C75H68B2N4O/c1-44(2)49-29-20-24-47(7)70(49)76-42-66-79(64-38-22-34-58-68(64)54-27-12-16-32-56(54)74(58,8)9)73(82)80(65-39-23-35-59-69(65)55-28-13-17-33-57(55)75(59,10)11)67-43-77(71-50(45(3)4)30-21-31-51(71)46(5)6)61-41-48(40-60(76)72(61)81(66)67)78-62-36-18-14-25-52(62)53-26-15-19-37-63(53)78/h12-46H,1-11H3. The van der Waals surface area contributed by atoms with Crippen LogP contribution in [0.5, 0.6) is 0 Å². The first-order valence-corrected chi connectivity index (χ1v) is 29.8. The number of hydrogen-bond donors (Lipinski definition) is 0. The Bertz CT molecular complexity index is 4390. The number of benzene rings is 9. The number of fused-ring (bicyclic) bond motifs is 9. The fourth-order valence-electron chi connectivity index (χ4n) is 15.7. The van der Waals surface area contributed by atoms with Crippen LogP contribution in [-0.4, -0.2) is 24.0 Å². The molecule has 7 heteroatoms. The molecule has 15 rings (SSSR count). The number of aromatic nitrogens is 1. The smallest absolute Gasteiger partial charge is 0.309 e. The monoisotopic (exact) mass is 1060 g/mol. The van der Waals surface area contributed by atoms with E-state index in [0.29, 0.717) is 0 Å². The highest BCUT2D eigenvalue weighted by Gasteiger charge is 2.53. The van der Waals surface area contributed by atoms with Gasteiger partial charge in [-0.25, -0.2) is 14.6 Å². The molecule has 0 bridgehead atoms. The molecule has 10 aromatic rings. The normalized spacial score (nSPS) is 16.1. The summed E-state index contributed by atoms with van der Waals surface area (Å²) in [4.78, 5) is 24.3. The van der Waals surface area contributed by atoms with Crippen molar-refractivity contribution in [2.75, 3.05) is 14.7 Å². The highest BCUT2D eigenvalue weighted by molar-refractivity contribution is 6.95. The van der Waals surface area contributed by atoms with E-state index in [4.69, 9.17) is 0 Å². The fraction of sp³-hybridized carbons (Fsp3) is 0.213. The van der Waals surface area contributed by atoms with Gasteiger partial charge in [-0.1, -0.05) is 243 Å². The maximum Gasteiger partial charge on any atom is 0.340 e. The Hall–Kier alpha value is -8.54. The molecule has 5 nitrogen and oxygen atoms in total. The van der Waals surface area contributed by atoms with Gasteiger partial charge in [0.1, 0.15) is 11.6 Å². The molecular weight excluding hydrogens is 994 g/mol. The van der Waals surface area contributed by atoms with Gasteiger partial charge in [-0.3, -0.25) is 4.90 Å². The van der Waals surface area contributed by atoms with E-state index in [1.165, 1.54) is 99.3 Å². The van der Waals surface area contributed by atoms with Crippen LogP contribution in [0.1, 0.15) is 131 Å². The topological polar surface area (TPSA) is 31.7 Å². The highest BCUT2D eigenvalue weighted by atomic mass is 16.2. The number of aryl methyl sites for hydroxylation is 1. The molecule has 82 heavy (non-hydrogen) atoms. The molecule has 0 radical (unpaired) electrons. The first kappa shape index (κ1) is 50.4. The van der Waals surface area contributed by atoms with Crippen molar-refractivity contribution in [1.82, 2.24) is 4.57 Å². The molecular formula is C75H68B2N4O. The van der Waals surface area contributed by atoms with Gasteiger partial charge >= 0.3 is 6.03 Å². The van der Waals surface area contributed by atoms with Gasteiger partial charge in [-0.15, -0.1) is 0 Å². The van der Waals surface area contributed by atoms with Crippen molar-refractivity contribution in [3.63, 3.8) is 0 Å². The average molecular weight is 1060 g/mol. The summed E-state index contributed by atoms with van der Waals surface area (Å²) in [6, 6.07) is 67.7. The molecule has 0 N–H and O–H groups in total. The molecule has 5 aliphatic rings. The lowest BCUT2D eigenvalue weighted by atomic mass is 9.33. The first-order chi connectivity index (χ1) is 39.6. The van der Waals surface area contributed by atoms with Crippen molar-refractivity contribution in [2.24, 2.45) is 0 Å². The summed E-state index contributed by atoms with van der Waals surface area (Å²) in [5.74, 6) is 7.38. The van der Waals surface area contributed by atoms with Crippen molar-refractivity contribution in [3.05, 3.63) is 250 Å². The van der Waals surface area contributed by atoms with E-state index in [-0.39, 0.29) is 48.0 Å². The van der Waals surface area contributed by atoms with Crippen LogP contribution in [0.4, 0.5) is 21.9 Å². The fourth-order valence-corrected chi connectivity index (χ4v) is 15.7. The number of carbonyl (C=O) groups excluding carboxylic acids is 1. The lowest BCUT2D eigenvalue weighted by Crippen LogP contribution is -2.66. The number of rotatable bonds is 8. The number of amides is 2. The second kappa shape index (κ2) is 18.0. The molecule has 2 aliphatic carbocycles. The lowest BCUT2D eigenvalue weighted by molar-refractivity contribution is 0.252. The zero-order chi connectivity index (χ0) is 56.4. The van der Waals surface area contributed by atoms with Crippen molar-refractivity contribution in [1.29, 1.82) is 0 Å². The second-order valence-corrected chi connectivity index (χ2v) is 25.8. The number of carbonyl (C=O) groups is 1. The van der Waals surface area contributed by atoms with Crippen LogP contribution in [-0.2, 0) is 10.8 Å². The van der Waals surface area contributed by atoms with Gasteiger partial charge in [0, 0.05) is 44.1 Å². The molecule has 1 aromatic heterocycles. The molecule has 0 saturated carbocycles. The Kier molecular flexibility index (Phi) is 11.1. The van der Waals surface area contributed by atoms with Crippen molar-refractivity contribution >= 4 is 80.2 Å². The minimum absolute atomic E-state index is 0.0960. The van der Waals surface area contributed by atoms with E-state index in [1.54, 1.807) is 0 Å². The first-order valence-electron chi connectivity index (χ1n) is 29.8. The second-order valence-electron chi connectivity index (χ2n) is 25.8. The van der Waals surface area contributed by atoms with Gasteiger partial charge in [0.2, 0.25) is 13.4 Å². The Morgan fingerprint density at radius 1 is 0.427 bits per heavy atom. The van der Waals surface area contributed by atoms with Crippen LogP contribution >= 0.6 is 0 Å². The zero-order valence-corrected chi connectivity index (χ0v) is 49.1. The van der Waals surface area contributed by atoms with E-state index in [2.05, 4.69) is 289 Å². The number of anilines is 3. The van der Waals surface area contributed by atoms with Gasteiger partial charge in [0.05, 0.1) is 22.4 Å². The van der Waals surface area contributed by atoms with Crippen LogP contribution in [0, 0.1) is 6.92 Å². The third-order valence-corrected chi connectivity index (χ3v) is 19.5. The van der Waals surface area contributed by atoms with E-state index < -0.39 is 0 Å². The highest BCUT2D eigenvalue weighted by Crippen LogP contribution is 2.57. The number of hydrogen-bond acceptors (Lipinski definition) is 2. The molecule has 4 heterocycles. The minimum atomic E-state index is -0.296. The number of nitrogens with zero attached hydrogens (tertiary/aromatic N) is 4. The van der Waals surface area contributed by atoms with Crippen molar-refractivity contribution < 1.29 is 4.79 Å². The van der Waals surface area contributed by atoms with E-state index >= 15 is 4.79 Å². The van der Waals surface area contributed by atoms with Crippen LogP contribution < -0.4 is 36.6 Å². The molecule has 400 valence electrons. The molecule has 1 fully saturated rings. The summed E-state index contributed by atoms with van der Waals surface area (Å²) in [6.07, 6.45) is 0. The van der Waals surface area contributed by atoms with Gasteiger partial charge in [0.15, 0.2) is 0 Å². The SMILES string of the molecule is Cc1cccc(C(C)C)c1B1C=C2N(c3cccc4c3-c3ccccc3C4(C)C)C(=O)N(c3cccc4c3-c3ccccc3C4(C)C)C3=CB(c4c(C(C)C)cccc4C(C)C)c4cc(-n5c6ccccc6c6ccccc65)cc1c4N23. The molecule has 0 spiro atoms. The third-order valence-electron chi connectivity index (χ3n) is 19.5. The van der Waals surface area contributed by atoms with E-state index in [1.807, 2.05) is 0 Å². The lowest BCUT2D eigenvalue weighted by Gasteiger charge is -2.52. The number of urea groups is 1. The minimum Gasteiger partial charge on any atom is -0.309 e. The van der Waals surface area contributed by atoms with Gasteiger partial charge < -0.3 is 4.57 Å². The van der Waals surface area contributed by atoms with E-state index in [9.17, 15) is 0 Å². The maximum atomic E-state index is 17.5. The summed E-state index contributed by atoms with van der Waals surface area (Å²) in [5, 5.41) is 2.47. The van der Waals surface area contributed by atoms with Crippen LogP contribution in [0.15, 0.2) is 206 Å². The van der Waals surface area contributed by atoms with Crippen molar-refractivity contribution in [2.45, 2.75) is 105 Å². The predicted octanol–water partition coefficient (Wildman–Crippen LogP) is 16.0. The van der Waals surface area contributed by atoms with Gasteiger partial charge in [-0.05, 0) is 122 Å². The Labute approximate surface area is 484 Å². The molecule has 1 saturated heterocycles. The molecule has 0 atom stereocenters. The Morgan fingerprint density at radius 3 is 1.32 bits per heavy atom. The Morgan fingerprint density at radius 2 is 0.829 bits per heavy atom. The quantitative estimate of drug-likeness (QED) is 0.142. The molecule has 0 unspecified atom stereocenters. The molecule has 3 aliphatic heterocycles. The molecule has 2 amide bonds. The number of para-hydroxylation sites is 2.